The fraction of sp³-hybridized carbons (Fsp3) is 0.471. The third-order valence-electron chi connectivity index (χ3n) is 4.96. The number of aliphatic hydroxyl groups excluding tert-OH is 1. The maximum Gasteiger partial charge on any atom is 0.490 e. The van der Waals surface area contributed by atoms with E-state index in [4.69, 9.17) is 20.3 Å². The molecule has 5 atom stereocenters. The van der Waals surface area contributed by atoms with Gasteiger partial charge in [-0.15, -0.1) is 0 Å². The number of ether oxygens (including phenoxy) is 1. The van der Waals surface area contributed by atoms with Crippen LogP contribution in [0.5, 0.6) is 0 Å². The minimum Gasteiger partial charge on any atom is -0.390 e. The van der Waals surface area contributed by atoms with Crippen LogP contribution in [0.4, 0.5) is 5.82 Å². The maximum absolute atomic E-state index is 12.0. The first kappa shape index (κ1) is 30.5. The van der Waals surface area contributed by atoms with Gasteiger partial charge in [0, 0.05) is 30.8 Å². The molecule has 1 fully saturated rings. The minimum absolute atomic E-state index is 0.0573. The van der Waals surface area contributed by atoms with E-state index in [0.29, 0.717) is 23.1 Å². The molecule has 21 heteroatoms. The summed E-state index contributed by atoms with van der Waals surface area (Å²) in [6.07, 6.45) is 2.85. The van der Waals surface area contributed by atoms with Gasteiger partial charge in [-0.3, -0.25) is 9.32 Å². The number of hydrogen-bond acceptors (Lipinski definition) is 12. The second kappa shape index (κ2) is 12.0. The molecule has 0 radical (unpaired) electrons. The van der Waals surface area contributed by atoms with Crippen molar-refractivity contribution >= 4 is 52.3 Å². The molecule has 1 aliphatic heterocycles. The standard InChI is InChI=1S/C17H26N5O13P3/c1-2-5-19-13(24)4-3-10-7-22(17-15(10)16(18)20-9-21-17)14-6-11(23)12(33-14)8-32-37(28,29)35-38(30,31)34-36(25,26)27/h3-4,7,9,11-12,14,23H,2,5-6,8H2,1H3,(H,19,24)(H,28,29)(H,30,31)(H2,18,20,21)(H2,25,26,27)/b4-3+/t11-,12-,14-/m1/s1. The lowest BCUT2D eigenvalue weighted by atomic mass is 10.2. The van der Waals surface area contributed by atoms with E-state index in [1.807, 2.05) is 6.92 Å². The number of aliphatic hydroxyl groups is 1. The number of rotatable bonds is 12. The minimum atomic E-state index is -5.69. The molecule has 18 nitrogen and oxygen atoms in total. The number of nitrogen functional groups attached to an aromatic ring is 1. The van der Waals surface area contributed by atoms with Crippen molar-refractivity contribution in [1.82, 2.24) is 19.9 Å². The van der Waals surface area contributed by atoms with Gasteiger partial charge in [-0.1, -0.05) is 6.92 Å². The van der Waals surface area contributed by atoms with Gasteiger partial charge in [-0.25, -0.2) is 23.7 Å². The van der Waals surface area contributed by atoms with Crippen LogP contribution in [0.15, 0.2) is 18.6 Å². The highest BCUT2D eigenvalue weighted by atomic mass is 31.3. The number of hydrogen-bond donors (Lipinski definition) is 7. The number of aromatic nitrogens is 3. The number of fused-ring (bicyclic) bond motifs is 1. The van der Waals surface area contributed by atoms with Gasteiger partial charge < -0.3 is 45.0 Å². The van der Waals surface area contributed by atoms with Crippen molar-refractivity contribution < 1.29 is 61.1 Å². The Morgan fingerprint density at radius 3 is 2.61 bits per heavy atom. The molecule has 3 heterocycles. The summed E-state index contributed by atoms with van der Waals surface area (Å²) < 4.78 is 53.2. The van der Waals surface area contributed by atoms with E-state index in [0.717, 1.165) is 6.42 Å². The van der Waals surface area contributed by atoms with Crippen LogP contribution in [-0.2, 0) is 36.4 Å². The number of amides is 1. The summed E-state index contributed by atoms with van der Waals surface area (Å²) in [5, 5.41) is 13.5. The monoisotopic (exact) mass is 601 g/mol. The van der Waals surface area contributed by atoms with Crippen LogP contribution in [0.2, 0.25) is 0 Å². The summed E-state index contributed by atoms with van der Waals surface area (Å²) in [5.41, 5.74) is 6.78. The third-order valence-corrected chi connectivity index (χ3v) is 8.77. The molecule has 2 aromatic heterocycles. The van der Waals surface area contributed by atoms with E-state index in [-0.39, 0.29) is 18.1 Å². The molecule has 0 aliphatic carbocycles. The Kier molecular flexibility index (Phi) is 9.63. The maximum atomic E-state index is 12.0. The zero-order chi connectivity index (χ0) is 28.3. The molecule has 8 N–H and O–H groups in total. The van der Waals surface area contributed by atoms with Gasteiger partial charge in [0.25, 0.3) is 0 Å². The normalized spacial score (nSPS) is 23.5. The summed E-state index contributed by atoms with van der Waals surface area (Å²) >= 11 is 0. The van der Waals surface area contributed by atoms with E-state index in [2.05, 4.69) is 28.4 Å². The van der Waals surface area contributed by atoms with Crippen LogP contribution < -0.4 is 11.1 Å². The van der Waals surface area contributed by atoms with E-state index in [1.165, 1.54) is 23.0 Å². The first-order valence-electron chi connectivity index (χ1n) is 10.8. The van der Waals surface area contributed by atoms with Gasteiger partial charge in [0.2, 0.25) is 5.91 Å². The molecular formula is C17H26N5O13P3. The molecule has 0 saturated carbocycles. The lowest BCUT2D eigenvalue weighted by molar-refractivity contribution is -0.116. The Balaban J connectivity index is 1.74. The predicted octanol–water partition coefficient (Wildman–Crippen LogP) is 0.545. The van der Waals surface area contributed by atoms with Crippen LogP contribution in [0.25, 0.3) is 17.1 Å². The van der Waals surface area contributed by atoms with Crippen molar-refractivity contribution in [2.75, 3.05) is 18.9 Å². The van der Waals surface area contributed by atoms with Crippen LogP contribution in [0.3, 0.4) is 0 Å². The lowest BCUT2D eigenvalue weighted by Crippen LogP contribution is -2.26. The predicted molar refractivity (Wildman–Crippen MR) is 129 cm³/mol. The molecule has 2 unspecified atom stereocenters. The van der Waals surface area contributed by atoms with Crippen molar-refractivity contribution in [1.29, 1.82) is 0 Å². The van der Waals surface area contributed by atoms with Crippen molar-refractivity contribution in [3.63, 3.8) is 0 Å². The largest absolute Gasteiger partial charge is 0.490 e. The van der Waals surface area contributed by atoms with E-state index in [1.54, 1.807) is 6.20 Å². The zero-order valence-corrected chi connectivity index (χ0v) is 22.3. The summed E-state index contributed by atoms with van der Waals surface area (Å²) in [6.45, 7) is 1.57. The molecule has 0 spiro atoms. The average Bonchev–Trinajstić information content (AvgIpc) is 3.33. The van der Waals surface area contributed by atoms with Gasteiger partial charge >= 0.3 is 23.5 Å². The van der Waals surface area contributed by atoms with Crippen molar-refractivity contribution in [3.05, 3.63) is 24.2 Å². The molecular weight excluding hydrogens is 575 g/mol. The summed E-state index contributed by atoms with van der Waals surface area (Å²) in [6, 6.07) is 0. The molecule has 212 valence electrons. The zero-order valence-electron chi connectivity index (χ0n) is 19.6. The molecule has 0 bridgehead atoms. The number of anilines is 1. The smallest absolute Gasteiger partial charge is 0.390 e. The Labute approximate surface area is 214 Å². The van der Waals surface area contributed by atoms with E-state index >= 15 is 0 Å². The highest BCUT2D eigenvalue weighted by Crippen LogP contribution is 2.66. The number of carbonyl (C=O) groups is 1. The van der Waals surface area contributed by atoms with E-state index in [9.17, 15) is 33.4 Å². The number of nitrogens with one attached hydrogen (secondary N) is 1. The van der Waals surface area contributed by atoms with Crippen molar-refractivity contribution in [3.8, 4) is 0 Å². The fourth-order valence-corrected chi connectivity index (χ4v) is 6.49. The summed E-state index contributed by atoms with van der Waals surface area (Å²) in [5.74, 6) is -0.215. The van der Waals surface area contributed by atoms with Gasteiger partial charge in [-0.05, 0) is 12.5 Å². The summed E-state index contributed by atoms with van der Waals surface area (Å²) in [7, 11) is -16.6. The summed E-state index contributed by atoms with van der Waals surface area (Å²) in [4.78, 5) is 56.2. The SMILES string of the molecule is CCCNC(=O)/C=C/c1cn([C@H]2C[C@@H](O)[C@@H](COP(=O)(O)OP(=O)(O)OP(=O)(O)O)O2)c2ncnc(N)c12. The number of nitrogens with zero attached hydrogens (tertiary/aromatic N) is 3. The number of phosphoric ester groups is 1. The second-order valence-corrected chi connectivity index (χ2v) is 12.3. The third kappa shape index (κ3) is 8.23. The highest BCUT2D eigenvalue weighted by molar-refractivity contribution is 7.66. The Morgan fingerprint density at radius 2 is 1.95 bits per heavy atom. The first-order valence-corrected chi connectivity index (χ1v) is 15.3. The molecule has 0 aromatic carbocycles. The average molecular weight is 601 g/mol. The number of carbonyl (C=O) groups excluding carboxylic acids is 1. The number of nitrogens with two attached hydrogens (primary N) is 1. The van der Waals surface area contributed by atoms with Gasteiger partial charge in [-0.2, -0.15) is 8.62 Å². The molecule has 1 amide bonds. The molecule has 1 saturated heterocycles. The topological polar surface area (TPSA) is 275 Å². The quantitative estimate of drug-likeness (QED) is 0.129. The molecule has 1 aliphatic rings. The number of phosphoric acid groups is 3. The molecule has 3 rings (SSSR count). The van der Waals surface area contributed by atoms with Crippen molar-refractivity contribution in [2.24, 2.45) is 0 Å². The molecule has 2 aromatic rings. The highest BCUT2D eigenvalue weighted by Gasteiger charge is 2.43. The molecule has 38 heavy (non-hydrogen) atoms. The van der Waals surface area contributed by atoms with Gasteiger partial charge in [0.15, 0.2) is 0 Å². The lowest BCUT2D eigenvalue weighted by Gasteiger charge is -2.19. The van der Waals surface area contributed by atoms with Crippen molar-refractivity contribution in [2.45, 2.75) is 38.2 Å². The van der Waals surface area contributed by atoms with Gasteiger partial charge in [0.1, 0.15) is 30.1 Å². The Bertz CT molecular complexity index is 1340. The van der Waals surface area contributed by atoms with Crippen LogP contribution in [0, 0.1) is 0 Å². The van der Waals surface area contributed by atoms with Crippen LogP contribution in [-0.4, -0.2) is 70.5 Å². The van der Waals surface area contributed by atoms with Crippen LogP contribution in [0.1, 0.15) is 31.6 Å². The van der Waals surface area contributed by atoms with Crippen LogP contribution >= 0.6 is 23.5 Å². The van der Waals surface area contributed by atoms with E-state index < -0.39 is 48.5 Å². The Morgan fingerprint density at radius 1 is 1.24 bits per heavy atom. The van der Waals surface area contributed by atoms with Gasteiger partial charge in [0.05, 0.1) is 18.1 Å². The first-order chi connectivity index (χ1) is 17.6. The fourth-order valence-electron chi connectivity index (χ4n) is 3.46. The Hall–Kier alpha value is -2.04. The second-order valence-electron chi connectivity index (χ2n) is 7.89.